The molecule has 0 fully saturated rings. The van der Waals surface area contributed by atoms with Crippen molar-refractivity contribution in [3.63, 3.8) is 0 Å². The molecule has 0 unspecified atom stereocenters. The van der Waals surface area contributed by atoms with Crippen molar-refractivity contribution in [2.75, 3.05) is 0 Å². The van der Waals surface area contributed by atoms with Crippen molar-refractivity contribution in [3.05, 3.63) is 144 Å². The van der Waals surface area contributed by atoms with Gasteiger partial charge in [0.25, 0.3) is 11.8 Å². The van der Waals surface area contributed by atoms with Gasteiger partial charge in [0.2, 0.25) is 11.8 Å². The van der Waals surface area contributed by atoms with Gasteiger partial charge in [-0.15, -0.1) is 0 Å². The molecule has 4 rings (SSSR count). The van der Waals surface area contributed by atoms with Gasteiger partial charge >= 0.3 is 12.2 Å². The molecule has 16 nitrogen and oxygen atoms in total. The van der Waals surface area contributed by atoms with Gasteiger partial charge in [0, 0.05) is 6.04 Å². The molecule has 0 aliphatic carbocycles. The second-order valence-electron chi connectivity index (χ2n) is 21.0. The predicted octanol–water partition coefficient (Wildman–Crippen LogP) is 5.96. The summed E-state index contributed by atoms with van der Waals surface area (Å²) in [6, 6.07) is 25.5. The van der Waals surface area contributed by atoms with Crippen LogP contribution in [0.2, 0.25) is 0 Å². The third-order valence-corrected chi connectivity index (χ3v) is 11.8. The highest BCUT2D eigenvalue weighted by Crippen LogP contribution is 2.29. The summed E-state index contributed by atoms with van der Waals surface area (Å²) in [5, 5.41) is 24.8. The van der Waals surface area contributed by atoms with Crippen LogP contribution in [-0.4, -0.2) is 120 Å². The van der Waals surface area contributed by atoms with Crippen LogP contribution in [0.3, 0.4) is 0 Å². The molecule has 0 aliphatic heterocycles. The largest absolute Gasteiger partial charge is 0.443 e. The first-order valence-corrected chi connectivity index (χ1v) is 24.5. The van der Waals surface area contributed by atoms with E-state index in [9.17, 15) is 29.4 Å². The zero-order chi connectivity index (χ0) is 53.7. The molecule has 4 aromatic rings. The Bertz CT molecular complexity index is 2280. The van der Waals surface area contributed by atoms with Gasteiger partial charge in [-0.1, -0.05) is 149 Å². The molecule has 8 N–H and O–H groups in total. The van der Waals surface area contributed by atoms with Crippen LogP contribution >= 0.6 is 0 Å². The summed E-state index contributed by atoms with van der Waals surface area (Å²) in [7, 11) is 0. The van der Waals surface area contributed by atoms with E-state index < -0.39 is 107 Å². The van der Waals surface area contributed by atoms with Crippen molar-refractivity contribution in [1.82, 2.24) is 14.7 Å². The first-order chi connectivity index (χ1) is 33.7. The topological polar surface area (TPSA) is 249 Å². The Labute approximate surface area is 424 Å². The lowest BCUT2D eigenvalue weighted by Gasteiger charge is -2.44. The van der Waals surface area contributed by atoms with Crippen LogP contribution in [0.5, 0.6) is 0 Å². The van der Waals surface area contributed by atoms with Crippen molar-refractivity contribution in [3.8, 4) is 0 Å². The summed E-state index contributed by atoms with van der Waals surface area (Å²) in [6.07, 6.45) is -6.76. The fourth-order valence-corrected chi connectivity index (χ4v) is 8.39. The molecule has 16 heteroatoms. The Hall–Kier alpha value is -6.30. The lowest BCUT2D eigenvalue weighted by molar-refractivity contribution is -0.166. The average molecular weight is 993 g/mol. The number of hydrogen-bond donors (Lipinski definition) is 5. The van der Waals surface area contributed by atoms with Gasteiger partial charge in [-0.3, -0.25) is 24.1 Å². The smallest absolute Gasteiger partial charge is 0.417 e. The Morgan fingerprint density at radius 1 is 0.444 bits per heavy atom. The molecule has 72 heavy (non-hydrogen) atoms. The van der Waals surface area contributed by atoms with Crippen LogP contribution in [0.4, 0.5) is 9.59 Å². The number of benzene rings is 4. The first-order valence-electron chi connectivity index (χ1n) is 24.5. The number of aliphatic hydroxyl groups is 2. The van der Waals surface area contributed by atoms with Crippen LogP contribution in [0, 0.1) is 11.8 Å². The quantitative estimate of drug-likeness (QED) is 0.0687. The van der Waals surface area contributed by atoms with E-state index in [1.54, 1.807) is 191 Å². The Morgan fingerprint density at radius 2 is 0.736 bits per heavy atom. The summed E-state index contributed by atoms with van der Waals surface area (Å²) < 4.78 is 11.6. The third kappa shape index (κ3) is 16.4. The van der Waals surface area contributed by atoms with E-state index in [4.69, 9.17) is 26.7 Å². The maximum atomic E-state index is 16.2. The Morgan fingerprint density at radius 3 is 1.03 bits per heavy atom. The fraction of sp³-hybridized carbons (Fsp3) is 0.464. The van der Waals surface area contributed by atoms with Gasteiger partial charge in [-0.05, 0) is 101 Å². The van der Waals surface area contributed by atoms with Gasteiger partial charge in [0.1, 0.15) is 29.4 Å². The lowest BCUT2D eigenvalue weighted by Crippen LogP contribution is -2.68. The number of nitrogens with two attached hydrogens (primary N) is 3. The Balaban J connectivity index is 2.06. The molecule has 0 saturated carbocycles. The minimum Gasteiger partial charge on any atom is -0.443 e. The molecule has 0 bridgehead atoms. The number of imide groups is 3. The monoisotopic (exact) mass is 993 g/mol. The van der Waals surface area contributed by atoms with Crippen molar-refractivity contribution in [2.45, 2.75) is 155 Å². The van der Waals surface area contributed by atoms with Gasteiger partial charge in [0.05, 0.1) is 24.2 Å². The molecule has 0 aromatic heterocycles. The van der Waals surface area contributed by atoms with Gasteiger partial charge in [-0.25, -0.2) is 19.4 Å². The standard InChI is InChI=1S/C56H76N6O10/c1-35(2)45(61(53(69)71-55(5,6)7)49(65)42(58)32-38-25-17-12-18-26-38)51(67)60(44(34-40-29-21-14-22-30-40)48(64)47(63)41(57)31-37-23-15-11-16-24-37)52(68)46(36(3)4)62(54(70)72-56(8,9)10)50(66)43(59)33-39-27-19-13-20-28-39/h11-30,35-36,41-48,63-64H,31-34,57-59H2,1-10H3/t41-,42-,43-,44-,45-,46-,47+,48+/m0/s1. The number of aliphatic hydroxyl groups excluding tert-OH is 2. The maximum Gasteiger partial charge on any atom is 0.417 e. The molecule has 0 spiro atoms. The van der Waals surface area contributed by atoms with Crippen LogP contribution in [-0.2, 0) is 54.3 Å². The van der Waals surface area contributed by atoms with Crippen LogP contribution in [0.1, 0.15) is 91.5 Å². The number of ether oxygens (including phenoxy) is 2. The average Bonchev–Trinajstić information content (AvgIpc) is 3.30. The molecule has 4 aromatic carbocycles. The summed E-state index contributed by atoms with van der Waals surface area (Å²) in [4.78, 5) is 93.3. The van der Waals surface area contributed by atoms with E-state index in [2.05, 4.69) is 0 Å². The van der Waals surface area contributed by atoms with Crippen LogP contribution in [0.15, 0.2) is 121 Å². The van der Waals surface area contributed by atoms with Gasteiger partial charge in [-0.2, -0.15) is 0 Å². The van der Waals surface area contributed by atoms with Gasteiger partial charge in [0.15, 0.2) is 0 Å². The summed E-state index contributed by atoms with van der Waals surface area (Å²) in [6.45, 7) is 15.6. The zero-order valence-corrected chi connectivity index (χ0v) is 43.4. The van der Waals surface area contributed by atoms with Crippen LogP contribution in [0.25, 0.3) is 0 Å². The molecule has 0 heterocycles. The summed E-state index contributed by atoms with van der Waals surface area (Å²) in [5.74, 6) is -6.46. The first kappa shape index (κ1) is 58.3. The number of amides is 6. The summed E-state index contributed by atoms with van der Waals surface area (Å²) >= 11 is 0. The molecule has 8 atom stereocenters. The third-order valence-electron chi connectivity index (χ3n) is 11.8. The van der Waals surface area contributed by atoms with E-state index in [0.29, 0.717) is 31.4 Å². The van der Waals surface area contributed by atoms with E-state index in [1.807, 2.05) is 0 Å². The highest BCUT2D eigenvalue weighted by Gasteiger charge is 2.52. The predicted molar refractivity (Wildman–Crippen MR) is 276 cm³/mol. The van der Waals surface area contributed by atoms with E-state index in [0.717, 1.165) is 5.56 Å². The second-order valence-corrected chi connectivity index (χ2v) is 21.0. The van der Waals surface area contributed by atoms with Crippen LogP contribution < -0.4 is 17.2 Å². The lowest BCUT2D eigenvalue weighted by atomic mass is 9.88. The highest BCUT2D eigenvalue weighted by molar-refractivity contribution is 6.08. The number of nitrogens with zero attached hydrogens (tertiary/aromatic N) is 3. The Kier molecular flexibility index (Phi) is 21.0. The highest BCUT2D eigenvalue weighted by atomic mass is 16.6. The number of carbonyl (C=O) groups is 6. The molecular formula is C56H76N6O10. The van der Waals surface area contributed by atoms with E-state index >= 15 is 9.59 Å². The molecule has 6 amide bonds. The molecule has 0 radical (unpaired) electrons. The molecule has 0 saturated heterocycles. The number of carbonyl (C=O) groups excluding carboxylic acids is 6. The maximum absolute atomic E-state index is 16.2. The molecule has 390 valence electrons. The normalized spacial score (nSPS) is 15.2. The summed E-state index contributed by atoms with van der Waals surface area (Å²) in [5.41, 5.74) is 20.0. The van der Waals surface area contributed by atoms with Crippen molar-refractivity contribution >= 4 is 35.8 Å². The zero-order valence-electron chi connectivity index (χ0n) is 43.4. The van der Waals surface area contributed by atoms with E-state index in [-0.39, 0.29) is 25.7 Å². The van der Waals surface area contributed by atoms with Gasteiger partial charge < -0.3 is 36.9 Å². The second kappa shape index (κ2) is 25.9. The van der Waals surface area contributed by atoms with Crippen molar-refractivity contribution < 1.29 is 48.5 Å². The number of rotatable bonds is 20. The number of hydrogen-bond acceptors (Lipinski definition) is 13. The molecular weight excluding hydrogens is 917 g/mol. The van der Waals surface area contributed by atoms with E-state index in [1.165, 1.54) is 0 Å². The van der Waals surface area contributed by atoms with Crippen molar-refractivity contribution in [1.29, 1.82) is 0 Å². The van der Waals surface area contributed by atoms with Crippen molar-refractivity contribution in [2.24, 2.45) is 29.0 Å². The fourth-order valence-electron chi connectivity index (χ4n) is 8.39. The molecule has 0 aliphatic rings. The minimum atomic E-state index is -2.03. The minimum absolute atomic E-state index is 0.0582. The SMILES string of the molecule is CC(C)[C@@H](C(=O)N(C(=O)[C@H](C(C)C)N(C(=O)OC(C)(C)C)C(=O)[C@@H](N)Cc1ccccc1)[C@@H](Cc1ccccc1)[C@@H](O)[C@H](O)[C@@H](N)Cc1ccccc1)N(C(=O)OC(C)(C)C)C(=O)[C@@H](N)Cc1ccccc1.